The van der Waals surface area contributed by atoms with E-state index in [-0.39, 0.29) is 18.4 Å². The summed E-state index contributed by atoms with van der Waals surface area (Å²) in [4.78, 5) is 17.1. The maximum absolute atomic E-state index is 12.6. The number of piperidine rings is 1. The third-order valence-corrected chi connectivity index (χ3v) is 5.40. The van der Waals surface area contributed by atoms with Crippen LogP contribution < -0.4 is 0 Å². The molecule has 0 bridgehead atoms. The molecule has 2 aliphatic heterocycles. The van der Waals surface area contributed by atoms with Crippen LogP contribution in [0.1, 0.15) is 23.3 Å². The number of likely N-dealkylation sites (tertiary alicyclic amines) is 1. The van der Waals surface area contributed by atoms with Gasteiger partial charge in [0.25, 0.3) is 0 Å². The maximum atomic E-state index is 12.6. The smallest absolute Gasteiger partial charge is 0.338 e. The van der Waals surface area contributed by atoms with Crippen LogP contribution in [0.5, 0.6) is 0 Å². The molecule has 0 saturated carbocycles. The molecule has 1 atom stereocenters. The van der Waals surface area contributed by atoms with Gasteiger partial charge in [-0.1, -0.05) is 0 Å². The average Bonchev–Trinajstić information content (AvgIpc) is 2.92. The first kappa shape index (κ1) is 15.8. The Kier molecular flexibility index (Phi) is 4.45. The van der Waals surface area contributed by atoms with Crippen molar-refractivity contribution in [2.75, 3.05) is 26.2 Å². The Balaban J connectivity index is 1.60. The number of rotatable bonds is 2. The van der Waals surface area contributed by atoms with Crippen LogP contribution >= 0.6 is 11.3 Å². The zero-order valence-corrected chi connectivity index (χ0v) is 13.1. The first-order valence-corrected chi connectivity index (χ1v) is 8.43. The van der Waals surface area contributed by atoms with Crippen LogP contribution in [0, 0.1) is 5.92 Å². The predicted molar refractivity (Wildman–Crippen MR) is 78.7 cm³/mol. The minimum absolute atomic E-state index is 0.0173. The van der Waals surface area contributed by atoms with Gasteiger partial charge in [0, 0.05) is 24.5 Å². The van der Waals surface area contributed by atoms with Gasteiger partial charge in [-0.05, 0) is 42.8 Å². The molecule has 122 valence electrons. The van der Waals surface area contributed by atoms with Crippen LogP contribution in [0.2, 0.25) is 0 Å². The lowest BCUT2D eigenvalue weighted by molar-refractivity contribution is -0.154. The highest BCUT2D eigenvalue weighted by Gasteiger charge is 2.36. The van der Waals surface area contributed by atoms with Crippen LogP contribution in [0.3, 0.4) is 0 Å². The molecular formula is C15H19F3N2OS. The van der Waals surface area contributed by atoms with Gasteiger partial charge in [-0.3, -0.25) is 9.69 Å². The molecule has 3 nitrogen and oxygen atoms in total. The molecular weight excluding hydrogens is 313 g/mol. The van der Waals surface area contributed by atoms with Gasteiger partial charge in [-0.15, -0.1) is 11.3 Å². The molecule has 1 saturated heterocycles. The van der Waals surface area contributed by atoms with E-state index in [1.165, 1.54) is 15.3 Å². The molecule has 1 aromatic rings. The van der Waals surface area contributed by atoms with Gasteiger partial charge < -0.3 is 4.90 Å². The van der Waals surface area contributed by atoms with Crippen molar-refractivity contribution in [2.45, 2.75) is 32.0 Å². The molecule has 0 spiro atoms. The lowest BCUT2D eigenvalue weighted by atomic mass is 9.95. The second kappa shape index (κ2) is 6.20. The maximum Gasteiger partial charge on any atom is 0.401 e. The molecule has 22 heavy (non-hydrogen) atoms. The average molecular weight is 332 g/mol. The van der Waals surface area contributed by atoms with Crippen LogP contribution in [0.15, 0.2) is 11.4 Å². The van der Waals surface area contributed by atoms with Crippen molar-refractivity contribution < 1.29 is 18.0 Å². The SMILES string of the molecule is O=C([C@H]1CCCN(CC(F)(F)F)C1)N1CCc2sccc2C1. The second-order valence-corrected chi connectivity index (χ2v) is 7.07. The molecule has 1 aromatic heterocycles. The van der Waals surface area contributed by atoms with Crippen LogP contribution in [0.4, 0.5) is 13.2 Å². The molecule has 2 aliphatic rings. The Labute approximate surface area is 131 Å². The Morgan fingerprint density at radius 1 is 1.36 bits per heavy atom. The molecule has 0 aromatic carbocycles. The topological polar surface area (TPSA) is 23.6 Å². The third-order valence-electron chi connectivity index (χ3n) is 4.38. The van der Waals surface area contributed by atoms with Crippen molar-refractivity contribution in [1.29, 1.82) is 0 Å². The quantitative estimate of drug-likeness (QED) is 0.831. The molecule has 3 rings (SSSR count). The standard InChI is InChI=1S/C15H19F3N2OS/c16-15(17,18)10-19-5-1-2-12(8-19)14(21)20-6-3-13-11(9-20)4-7-22-13/h4,7,12H,1-3,5-6,8-10H2/t12-/m0/s1. The minimum Gasteiger partial charge on any atom is -0.338 e. The van der Waals surface area contributed by atoms with Crippen LogP contribution in [-0.4, -0.2) is 48.1 Å². The van der Waals surface area contributed by atoms with Crippen molar-refractivity contribution in [3.8, 4) is 0 Å². The largest absolute Gasteiger partial charge is 0.401 e. The summed E-state index contributed by atoms with van der Waals surface area (Å²) in [5.41, 5.74) is 1.19. The third kappa shape index (κ3) is 3.63. The van der Waals surface area contributed by atoms with Crippen LogP contribution in [-0.2, 0) is 17.8 Å². The number of carbonyl (C=O) groups is 1. The summed E-state index contributed by atoms with van der Waals surface area (Å²) < 4.78 is 37.6. The Hall–Kier alpha value is -1.08. The number of fused-ring (bicyclic) bond motifs is 1. The summed E-state index contributed by atoms with van der Waals surface area (Å²) >= 11 is 1.71. The zero-order valence-electron chi connectivity index (χ0n) is 12.2. The summed E-state index contributed by atoms with van der Waals surface area (Å²) in [6.45, 7) is 1.03. The van der Waals surface area contributed by atoms with Crippen molar-refractivity contribution in [2.24, 2.45) is 5.92 Å². The summed E-state index contributed by atoms with van der Waals surface area (Å²) in [5.74, 6) is -0.278. The van der Waals surface area contributed by atoms with Gasteiger partial charge in [0.05, 0.1) is 12.5 Å². The first-order chi connectivity index (χ1) is 10.4. The zero-order chi connectivity index (χ0) is 15.7. The van der Waals surface area contributed by atoms with Crippen molar-refractivity contribution in [1.82, 2.24) is 9.80 Å². The van der Waals surface area contributed by atoms with Gasteiger partial charge in [0.15, 0.2) is 0 Å². The number of hydrogen-bond acceptors (Lipinski definition) is 3. The van der Waals surface area contributed by atoms with E-state index in [2.05, 4.69) is 0 Å². The van der Waals surface area contributed by atoms with Gasteiger partial charge in [0.1, 0.15) is 0 Å². The van der Waals surface area contributed by atoms with E-state index >= 15 is 0 Å². The number of hydrogen-bond donors (Lipinski definition) is 0. The van der Waals surface area contributed by atoms with E-state index < -0.39 is 12.7 Å². The van der Waals surface area contributed by atoms with Gasteiger partial charge >= 0.3 is 6.18 Å². The lowest BCUT2D eigenvalue weighted by Crippen LogP contribution is -2.48. The van der Waals surface area contributed by atoms with Gasteiger partial charge in [-0.2, -0.15) is 13.2 Å². The monoisotopic (exact) mass is 332 g/mol. The summed E-state index contributed by atoms with van der Waals surface area (Å²) in [6, 6.07) is 2.04. The molecule has 3 heterocycles. The van der Waals surface area contributed by atoms with Gasteiger partial charge in [-0.25, -0.2) is 0 Å². The Morgan fingerprint density at radius 2 is 2.18 bits per heavy atom. The molecule has 0 unspecified atom stereocenters. The second-order valence-electron chi connectivity index (χ2n) is 6.07. The summed E-state index contributed by atoms with van der Waals surface area (Å²) in [6.07, 6.45) is -1.98. The van der Waals surface area contributed by atoms with Crippen molar-refractivity contribution in [3.05, 3.63) is 21.9 Å². The summed E-state index contributed by atoms with van der Waals surface area (Å²) in [7, 11) is 0. The van der Waals surface area contributed by atoms with E-state index in [0.29, 0.717) is 32.5 Å². The van der Waals surface area contributed by atoms with Crippen molar-refractivity contribution in [3.63, 3.8) is 0 Å². The molecule has 0 aliphatic carbocycles. The Bertz CT molecular complexity index is 543. The van der Waals surface area contributed by atoms with E-state index in [9.17, 15) is 18.0 Å². The Morgan fingerprint density at radius 3 is 2.95 bits per heavy atom. The van der Waals surface area contributed by atoms with Crippen molar-refractivity contribution >= 4 is 17.2 Å². The van der Waals surface area contributed by atoms with Gasteiger partial charge in [0.2, 0.25) is 5.91 Å². The molecule has 1 amide bonds. The predicted octanol–water partition coefficient (Wildman–Crippen LogP) is 2.91. The van der Waals surface area contributed by atoms with E-state index in [1.54, 1.807) is 11.3 Å². The number of nitrogens with zero attached hydrogens (tertiary/aromatic N) is 2. The fraction of sp³-hybridized carbons (Fsp3) is 0.667. The number of carbonyl (C=O) groups excluding carboxylic acids is 1. The van der Waals surface area contributed by atoms with E-state index in [0.717, 1.165) is 6.42 Å². The van der Waals surface area contributed by atoms with Crippen LogP contribution in [0.25, 0.3) is 0 Å². The number of halogens is 3. The normalized spacial score (nSPS) is 23.4. The molecule has 7 heteroatoms. The highest BCUT2D eigenvalue weighted by Crippen LogP contribution is 2.28. The summed E-state index contributed by atoms with van der Waals surface area (Å²) in [5, 5.41) is 2.03. The fourth-order valence-electron chi connectivity index (χ4n) is 3.35. The molecule has 1 fully saturated rings. The highest BCUT2D eigenvalue weighted by molar-refractivity contribution is 7.10. The van der Waals surface area contributed by atoms with E-state index in [4.69, 9.17) is 0 Å². The number of amides is 1. The lowest BCUT2D eigenvalue weighted by Gasteiger charge is -2.36. The fourth-order valence-corrected chi connectivity index (χ4v) is 4.24. The first-order valence-electron chi connectivity index (χ1n) is 7.55. The minimum atomic E-state index is -4.19. The molecule has 0 N–H and O–H groups in total. The number of alkyl halides is 3. The molecule has 0 radical (unpaired) electrons. The van der Waals surface area contributed by atoms with E-state index in [1.807, 2.05) is 16.3 Å². The number of thiophene rings is 1. The highest BCUT2D eigenvalue weighted by atomic mass is 32.1.